The molecule has 0 amide bonds. The SMILES string of the molecule is Cn1nc(-c2cc(Cl)c(F)cc2Cl)cc1N. The van der Waals surface area contributed by atoms with Crippen molar-refractivity contribution in [2.45, 2.75) is 0 Å². The van der Waals surface area contributed by atoms with Crippen molar-refractivity contribution >= 4 is 29.0 Å². The smallest absolute Gasteiger partial charge is 0.143 e. The molecule has 1 heterocycles. The molecule has 2 aromatic rings. The summed E-state index contributed by atoms with van der Waals surface area (Å²) in [5.41, 5.74) is 6.76. The monoisotopic (exact) mass is 259 g/mol. The van der Waals surface area contributed by atoms with Gasteiger partial charge >= 0.3 is 0 Å². The molecule has 0 saturated carbocycles. The van der Waals surface area contributed by atoms with Gasteiger partial charge in [-0.1, -0.05) is 23.2 Å². The molecule has 84 valence electrons. The summed E-state index contributed by atoms with van der Waals surface area (Å²) >= 11 is 11.6. The summed E-state index contributed by atoms with van der Waals surface area (Å²) in [6, 6.07) is 4.24. The maximum Gasteiger partial charge on any atom is 0.143 e. The van der Waals surface area contributed by atoms with Crippen molar-refractivity contribution < 1.29 is 4.39 Å². The number of hydrogen-bond donors (Lipinski definition) is 1. The Bertz CT molecular complexity index is 532. The topological polar surface area (TPSA) is 43.8 Å². The molecule has 0 fully saturated rings. The maximum absolute atomic E-state index is 13.1. The first-order valence-corrected chi connectivity index (χ1v) is 5.19. The Morgan fingerprint density at radius 3 is 2.50 bits per heavy atom. The highest BCUT2D eigenvalue weighted by Crippen LogP contribution is 2.32. The lowest BCUT2D eigenvalue weighted by molar-refractivity contribution is 0.628. The van der Waals surface area contributed by atoms with Gasteiger partial charge in [-0.15, -0.1) is 0 Å². The standard InChI is InChI=1S/C10H8Cl2FN3/c1-16-10(14)4-9(15-16)5-2-7(12)8(13)3-6(5)11/h2-4H,14H2,1H3. The Kier molecular flexibility index (Phi) is 2.78. The molecule has 6 heteroatoms. The van der Waals surface area contributed by atoms with Crippen LogP contribution in [0.3, 0.4) is 0 Å². The third kappa shape index (κ3) is 1.86. The van der Waals surface area contributed by atoms with E-state index < -0.39 is 5.82 Å². The molecule has 0 bridgehead atoms. The summed E-state index contributed by atoms with van der Waals surface area (Å²) in [7, 11) is 1.71. The van der Waals surface area contributed by atoms with Gasteiger partial charge in [0.2, 0.25) is 0 Å². The van der Waals surface area contributed by atoms with Crippen molar-refractivity contribution in [3.8, 4) is 11.3 Å². The van der Waals surface area contributed by atoms with E-state index in [9.17, 15) is 4.39 Å². The van der Waals surface area contributed by atoms with Gasteiger partial charge in [0, 0.05) is 18.7 Å². The summed E-state index contributed by atoms with van der Waals surface area (Å²) in [6.07, 6.45) is 0. The molecule has 0 radical (unpaired) electrons. The van der Waals surface area contributed by atoms with E-state index in [4.69, 9.17) is 28.9 Å². The van der Waals surface area contributed by atoms with Crippen molar-refractivity contribution in [3.05, 3.63) is 34.1 Å². The van der Waals surface area contributed by atoms with E-state index in [1.165, 1.54) is 10.7 Å². The zero-order valence-electron chi connectivity index (χ0n) is 8.34. The Labute approximate surface area is 102 Å². The summed E-state index contributed by atoms with van der Waals surface area (Å²) < 4.78 is 14.6. The Hall–Kier alpha value is -1.26. The molecule has 0 aliphatic heterocycles. The van der Waals surface area contributed by atoms with E-state index in [1.807, 2.05) is 0 Å². The second-order valence-corrected chi connectivity index (χ2v) is 4.14. The number of halogens is 3. The molecular formula is C10H8Cl2FN3. The van der Waals surface area contributed by atoms with Gasteiger partial charge in [0.25, 0.3) is 0 Å². The Morgan fingerprint density at radius 1 is 1.25 bits per heavy atom. The van der Waals surface area contributed by atoms with Gasteiger partial charge in [0.1, 0.15) is 11.6 Å². The molecule has 1 aromatic carbocycles. The number of aryl methyl sites for hydroxylation is 1. The van der Waals surface area contributed by atoms with Gasteiger partial charge in [-0.25, -0.2) is 4.39 Å². The third-order valence-corrected chi connectivity index (χ3v) is 2.80. The number of hydrogen-bond acceptors (Lipinski definition) is 2. The highest BCUT2D eigenvalue weighted by Gasteiger charge is 2.12. The predicted molar refractivity (Wildman–Crippen MR) is 63.0 cm³/mol. The molecular weight excluding hydrogens is 252 g/mol. The second kappa shape index (κ2) is 3.96. The van der Waals surface area contributed by atoms with E-state index >= 15 is 0 Å². The number of nitrogens with two attached hydrogens (primary N) is 1. The van der Waals surface area contributed by atoms with Gasteiger partial charge in [-0.05, 0) is 12.1 Å². The van der Waals surface area contributed by atoms with Crippen LogP contribution in [0.25, 0.3) is 11.3 Å². The average molecular weight is 260 g/mol. The van der Waals surface area contributed by atoms with Crippen LogP contribution in [-0.4, -0.2) is 9.78 Å². The van der Waals surface area contributed by atoms with E-state index in [1.54, 1.807) is 13.1 Å². The molecule has 0 unspecified atom stereocenters. The number of aromatic nitrogens is 2. The van der Waals surface area contributed by atoms with Crippen LogP contribution < -0.4 is 5.73 Å². The zero-order valence-corrected chi connectivity index (χ0v) is 9.85. The van der Waals surface area contributed by atoms with Crippen LogP contribution >= 0.6 is 23.2 Å². The molecule has 2 N–H and O–H groups in total. The summed E-state index contributed by atoms with van der Waals surface area (Å²) in [6.45, 7) is 0. The van der Waals surface area contributed by atoms with Crippen molar-refractivity contribution in [2.24, 2.45) is 7.05 Å². The molecule has 2 rings (SSSR count). The molecule has 3 nitrogen and oxygen atoms in total. The van der Waals surface area contributed by atoms with Crippen molar-refractivity contribution in [1.29, 1.82) is 0 Å². The lowest BCUT2D eigenvalue weighted by Gasteiger charge is -2.02. The van der Waals surface area contributed by atoms with Crippen molar-refractivity contribution in [1.82, 2.24) is 9.78 Å². The molecule has 0 saturated heterocycles. The fourth-order valence-corrected chi connectivity index (χ4v) is 1.74. The quantitative estimate of drug-likeness (QED) is 0.800. The normalized spacial score (nSPS) is 10.8. The van der Waals surface area contributed by atoms with Crippen LogP contribution in [0.2, 0.25) is 10.0 Å². The van der Waals surface area contributed by atoms with Crippen LogP contribution in [0.15, 0.2) is 18.2 Å². The van der Waals surface area contributed by atoms with Gasteiger partial charge in [-0.3, -0.25) is 4.68 Å². The maximum atomic E-state index is 13.1. The number of benzene rings is 1. The van der Waals surface area contributed by atoms with Crippen molar-refractivity contribution in [3.63, 3.8) is 0 Å². The minimum atomic E-state index is -0.556. The van der Waals surface area contributed by atoms with Crippen LogP contribution in [0, 0.1) is 5.82 Å². The van der Waals surface area contributed by atoms with Crippen molar-refractivity contribution in [2.75, 3.05) is 5.73 Å². The van der Waals surface area contributed by atoms with E-state index in [-0.39, 0.29) is 10.0 Å². The fourth-order valence-electron chi connectivity index (χ4n) is 1.33. The highest BCUT2D eigenvalue weighted by molar-refractivity contribution is 6.35. The van der Waals surface area contributed by atoms with Crippen LogP contribution in [0.4, 0.5) is 10.2 Å². The minimum Gasteiger partial charge on any atom is -0.384 e. The van der Waals surface area contributed by atoms with Crippen LogP contribution in [0.1, 0.15) is 0 Å². The number of rotatable bonds is 1. The Balaban J connectivity index is 2.60. The summed E-state index contributed by atoms with van der Waals surface area (Å²) in [4.78, 5) is 0. The lowest BCUT2D eigenvalue weighted by Crippen LogP contribution is -1.96. The number of nitrogens with zero attached hydrogens (tertiary/aromatic N) is 2. The molecule has 0 aliphatic rings. The van der Waals surface area contributed by atoms with Gasteiger partial charge in [0.05, 0.1) is 15.7 Å². The van der Waals surface area contributed by atoms with Gasteiger partial charge < -0.3 is 5.73 Å². The molecule has 1 aromatic heterocycles. The predicted octanol–water partition coefficient (Wildman–Crippen LogP) is 3.12. The first-order valence-electron chi connectivity index (χ1n) is 4.43. The Morgan fingerprint density at radius 2 is 1.94 bits per heavy atom. The molecule has 0 spiro atoms. The van der Waals surface area contributed by atoms with E-state index in [2.05, 4.69) is 5.10 Å². The van der Waals surface area contributed by atoms with E-state index in [0.29, 0.717) is 17.1 Å². The minimum absolute atomic E-state index is 0.00336. The number of nitrogen functional groups attached to an aromatic ring is 1. The second-order valence-electron chi connectivity index (χ2n) is 3.32. The van der Waals surface area contributed by atoms with Gasteiger partial charge in [-0.2, -0.15) is 5.10 Å². The first kappa shape index (κ1) is 11.2. The lowest BCUT2D eigenvalue weighted by atomic mass is 10.1. The van der Waals surface area contributed by atoms with Crippen LogP contribution in [0.5, 0.6) is 0 Å². The zero-order chi connectivity index (χ0) is 11.9. The summed E-state index contributed by atoms with van der Waals surface area (Å²) in [5, 5.41) is 4.39. The van der Waals surface area contributed by atoms with Crippen LogP contribution in [-0.2, 0) is 7.05 Å². The summed E-state index contributed by atoms with van der Waals surface area (Å²) in [5.74, 6) is -0.0640. The third-order valence-electron chi connectivity index (χ3n) is 2.20. The molecule has 0 aliphatic carbocycles. The van der Waals surface area contributed by atoms with Gasteiger partial charge in [0.15, 0.2) is 0 Å². The largest absolute Gasteiger partial charge is 0.384 e. The highest BCUT2D eigenvalue weighted by atomic mass is 35.5. The first-order chi connectivity index (χ1) is 7.49. The number of anilines is 1. The fraction of sp³-hybridized carbons (Fsp3) is 0.100. The molecule has 0 atom stereocenters. The molecule has 16 heavy (non-hydrogen) atoms. The average Bonchev–Trinajstić information content (AvgIpc) is 2.53. The van der Waals surface area contributed by atoms with E-state index in [0.717, 1.165) is 6.07 Å².